The van der Waals surface area contributed by atoms with Crippen molar-refractivity contribution < 1.29 is 65.3 Å². The summed E-state index contributed by atoms with van der Waals surface area (Å²) in [4.78, 5) is 92.8. The van der Waals surface area contributed by atoms with E-state index in [4.69, 9.17) is 24.7 Å². The monoisotopic (exact) mass is 1060 g/mol. The fourth-order valence-electron chi connectivity index (χ4n) is 9.08. The number of amides is 5. The predicted molar refractivity (Wildman–Crippen MR) is 275 cm³/mol. The Morgan fingerprint density at radius 3 is 2.18 bits per heavy atom. The largest absolute Gasteiger partial charge is 0.383 e. The van der Waals surface area contributed by atoms with E-state index in [2.05, 4.69) is 20.9 Å². The molecular formula is C55H57FN6O13S. The number of imide groups is 2. The number of pyridine rings is 1. The number of fused-ring (bicyclic) bond motifs is 2. The summed E-state index contributed by atoms with van der Waals surface area (Å²) in [5.41, 5.74) is 11.1. The number of benzene rings is 4. The molecule has 0 saturated carbocycles. The molecule has 5 N–H and O–H groups in total. The molecule has 0 bridgehead atoms. The molecule has 5 aromatic rings. The van der Waals surface area contributed by atoms with Crippen molar-refractivity contribution in [2.24, 2.45) is 0 Å². The number of carbonyl (C=O) groups is 7. The van der Waals surface area contributed by atoms with Crippen LogP contribution >= 0.6 is 0 Å². The molecule has 4 heterocycles. The lowest BCUT2D eigenvalue weighted by atomic mass is 9.94. The molecule has 0 aliphatic carbocycles. The number of aromatic nitrogens is 1. The summed E-state index contributed by atoms with van der Waals surface area (Å²) in [6.45, 7) is 2.78. The first-order valence-electron chi connectivity index (χ1n) is 24.9. The Morgan fingerprint density at radius 2 is 1.43 bits per heavy atom. The molecule has 4 aromatic carbocycles. The van der Waals surface area contributed by atoms with Crippen molar-refractivity contribution in [3.63, 3.8) is 0 Å². The predicted octanol–water partition coefficient (Wildman–Crippen LogP) is 4.83. The molecule has 1 aromatic heterocycles. The number of rotatable bonds is 27. The molecule has 0 spiro atoms. The van der Waals surface area contributed by atoms with Gasteiger partial charge < -0.3 is 35.3 Å². The highest BCUT2D eigenvalue weighted by molar-refractivity contribution is 7.90. The Bertz CT molecular complexity index is 3170. The minimum atomic E-state index is -3.98. The lowest BCUT2D eigenvalue weighted by molar-refractivity contribution is -0.136. The van der Waals surface area contributed by atoms with E-state index in [0.717, 1.165) is 22.1 Å². The SMILES string of the molecule is Nc1ncc(-c2ccc(S(=O)(=O)Cc3cccc(CC(=O)CCOCCOCCOCCOCCCC(=O)CNc4cccc5c4C(=O)N(C4CCC(=O)NC4=O)C5=O)c3)cc2F)cc1-c1ccc2c(c1)CCNC2=O. The average Bonchev–Trinajstić information content (AvgIpc) is 3.67. The van der Waals surface area contributed by atoms with Crippen LogP contribution in [0.4, 0.5) is 15.9 Å². The molecule has 8 rings (SSSR count). The second-order valence-electron chi connectivity index (χ2n) is 18.3. The minimum Gasteiger partial charge on any atom is -0.383 e. The van der Waals surface area contributed by atoms with Gasteiger partial charge >= 0.3 is 0 Å². The van der Waals surface area contributed by atoms with Crippen LogP contribution in [0.1, 0.15) is 79.9 Å². The summed E-state index contributed by atoms with van der Waals surface area (Å²) >= 11 is 0. The van der Waals surface area contributed by atoms with E-state index in [1.165, 1.54) is 24.4 Å². The summed E-state index contributed by atoms with van der Waals surface area (Å²) in [6, 6.07) is 21.1. The smallest absolute Gasteiger partial charge is 0.264 e. The lowest BCUT2D eigenvalue weighted by Gasteiger charge is -2.27. The van der Waals surface area contributed by atoms with Gasteiger partial charge in [-0.25, -0.2) is 17.8 Å². The van der Waals surface area contributed by atoms with Gasteiger partial charge in [-0.2, -0.15) is 0 Å². The number of anilines is 2. The Balaban J connectivity index is 0.659. The van der Waals surface area contributed by atoms with Gasteiger partial charge in [-0.15, -0.1) is 0 Å². The molecule has 3 aliphatic heterocycles. The maximum Gasteiger partial charge on any atom is 0.264 e. The molecule has 19 nitrogen and oxygen atoms in total. The number of hydrogen-bond acceptors (Lipinski definition) is 16. The summed E-state index contributed by atoms with van der Waals surface area (Å²) in [5.74, 6) is -3.75. The van der Waals surface area contributed by atoms with Gasteiger partial charge in [0.15, 0.2) is 15.6 Å². The normalized spacial score (nSPS) is 15.3. The van der Waals surface area contributed by atoms with Crippen molar-refractivity contribution in [3.8, 4) is 22.3 Å². The molecule has 3 aliphatic rings. The molecule has 5 amide bonds. The third-order valence-corrected chi connectivity index (χ3v) is 14.6. The van der Waals surface area contributed by atoms with Crippen molar-refractivity contribution >= 4 is 62.4 Å². The Hall–Kier alpha value is -7.56. The minimum absolute atomic E-state index is 0.0123. The second kappa shape index (κ2) is 25.3. The number of halogens is 1. The number of Topliss-reactive ketones (excluding diaryl/α,β-unsaturated/α-hetero) is 2. The summed E-state index contributed by atoms with van der Waals surface area (Å²) < 4.78 is 64.8. The third kappa shape index (κ3) is 13.6. The van der Waals surface area contributed by atoms with Gasteiger partial charge in [0.1, 0.15) is 23.5 Å². The average molecular weight is 1060 g/mol. The van der Waals surface area contributed by atoms with Gasteiger partial charge in [0.05, 0.1) is 74.6 Å². The number of ketones is 2. The standard InChI is InChI=1S/C55H57FN6O13S/c56-46-30-41(10-12-42(46)38-29-45(51(57)60-31-38)36-9-11-43-37(28-36)15-17-58-52(43)66)76(70,71)33-35-5-1-4-34(26-35)27-39(63)16-19-73-21-23-75-25-24-74-22-20-72-18-3-6-40(64)32-59-47-8-2-7-44-50(47)55(69)62(54(44)68)48-13-14-49(65)61-53(48)67/h1-2,4-5,7-12,26,28-31,48,59H,3,6,13-25,27,32-33H2,(H2,57,60)(H,58,66)(H,61,65,67). The first-order valence-corrected chi connectivity index (χ1v) is 26.5. The zero-order chi connectivity index (χ0) is 53.8. The maximum atomic E-state index is 15.7. The van der Waals surface area contributed by atoms with Gasteiger partial charge in [0, 0.05) is 73.0 Å². The van der Waals surface area contributed by atoms with Gasteiger partial charge in [0.2, 0.25) is 11.8 Å². The highest BCUT2D eigenvalue weighted by Crippen LogP contribution is 2.35. The molecule has 1 unspecified atom stereocenters. The van der Waals surface area contributed by atoms with Crippen LogP contribution < -0.4 is 21.7 Å². The van der Waals surface area contributed by atoms with Gasteiger partial charge in [-0.3, -0.25) is 43.8 Å². The number of hydrogen-bond donors (Lipinski definition) is 4. The molecule has 1 saturated heterocycles. The van der Waals surface area contributed by atoms with Crippen LogP contribution in [-0.2, 0) is 66.6 Å². The van der Waals surface area contributed by atoms with Crippen LogP contribution in [0.5, 0.6) is 0 Å². The molecule has 76 heavy (non-hydrogen) atoms. The molecule has 21 heteroatoms. The number of nitrogens with one attached hydrogen (secondary N) is 3. The number of sulfone groups is 1. The zero-order valence-corrected chi connectivity index (χ0v) is 42.3. The fraction of sp³-hybridized carbons (Fsp3) is 0.345. The summed E-state index contributed by atoms with van der Waals surface area (Å²) in [5, 5.41) is 7.93. The highest BCUT2D eigenvalue weighted by Gasteiger charge is 2.45. The molecular weight excluding hydrogens is 1000 g/mol. The van der Waals surface area contributed by atoms with E-state index >= 15 is 4.39 Å². The number of nitrogen functional groups attached to an aromatic ring is 1. The number of piperidine rings is 1. The van der Waals surface area contributed by atoms with Crippen LogP contribution in [0.3, 0.4) is 0 Å². The van der Waals surface area contributed by atoms with E-state index in [1.807, 2.05) is 6.07 Å². The van der Waals surface area contributed by atoms with Crippen molar-refractivity contribution in [3.05, 3.63) is 130 Å². The number of carbonyl (C=O) groups excluding carboxylic acids is 7. The van der Waals surface area contributed by atoms with Gasteiger partial charge in [0.25, 0.3) is 17.7 Å². The van der Waals surface area contributed by atoms with E-state index in [0.29, 0.717) is 92.5 Å². The Morgan fingerprint density at radius 1 is 0.724 bits per heavy atom. The van der Waals surface area contributed by atoms with Crippen LogP contribution in [0.15, 0.2) is 96.0 Å². The number of ether oxygens (including phenoxy) is 4. The van der Waals surface area contributed by atoms with Crippen molar-refractivity contribution in [2.45, 2.75) is 61.6 Å². The highest BCUT2D eigenvalue weighted by atomic mass is 32.2. The van der Waals surface area contributed by atoms with Gasteiger partial charge in [-0.05, 0) is 77.9 Å². The maximum absolute atomic E-state index is 15.7. The molecule has 1 fully saturated rings. The van der Waals surface area contributed by atoms with E-state index < -0.39 is 51.1 Å². The molecule has 1 atom stereocenters. The summed E-state index contributed by atoms with van der Waals surface area (Å²) in [6.07, 6.45) is 3.03. The number of nitrogens with two attached hydrogens (primary N) is 1. The van der Waals surface area contributed by atoms with E-state index in [9.17, 15) is 42.0 Å². The first-order chi connectivity index (χ1) is 36.7. The van der Waals surface area contributed by atoms with Crippen molar-refractivity contribution in [2.75, 3.05) is 77.0 Å². The first kappa shape index (κ1) is 54.7. The van der Waals surface area contributed by atoms with Crippen LogP contribution in [0.2, 0.25) is 0 Å². The van der Waals surface area contributed by atoms with Gasteiger partial charge in [-0.1, -0.05) is 48.5 Å². The second-order valence-corrected chi connectivity index (χ2v) is 20.3. The molecule has 0 radical (unpaired) electrons. The lowest BCUT2D eigenvalue weighted by Crippen LogP contribution is -2.54. The van der Waals surface area contributed by atoms with E-state index in [-0.39, 0.29) is 96.7 Å². The third-order valence-electron chi connectivity index (χ3n) is 12.9. The van der Waals surface area contributed by atoms with Crippen molar-refractivity contribution in [1.29, 1.82) is 0 Å². The Kier molecular flexibility index (Phi) is 18.2. The number of nitrogens with zero attached hydrogens (tertiary/aromatic N) is 2. The fourth-order valence-corrected chi connectivity index (χ4v) is 10.4. The topological polar surface area (TPSA) is 269 Å². The van der Waals surface area contributed by atoms with Crippen LogP contribution in [-0.4, -0.2) is 131 Å². The Labute approximate surface area is 437 Å². The summed E-state index contributed by atoms with van der Waals surface area (Å²) in [7, 11) is -3.98. The van der Waals surface area contributed by atoms with E-state index in [1.54, 1.807) is 54.6 Å². The molecule has 398 valence electrons. The van der Waals surface area contributed by atoms with Crippen LogP contribution in [0, 0.1) is 5.82 Å². The van der Waals surface area contributed by atoms with Crippen LogP contribution in [0.25, 0.3) is 22.3 Å². The quantitative estimate of drug-likeness (QED) is 0.0405. The van der Waals surface area contributed by atoms with Crippen molar-refractivity contribution in [1.82, 2.24) is 20.5 Å². The zero-order valence-electron chi connectivity index (χ0n) is 41.5.